The predicted molar refractivity (Wildman–Crippen MR) is 62.4 cm³/mol. The molecule has 1 heteroatoms. The fourth-order valence-corrected chi connectivity index (χ4v) is 1.23. The van der Waals surface area contributed by atoms with Gasteiger partial charge in [-0.25, -0.2) is 0 Å². The number of hydrogen-bond donors (Lipinski definition) is 0. The van der Waals surface area contributed by atoms with E-state index in [0.717, 1.165) is 29.9 Å². The second-order valence-electron chi connectivity index (χ2n) is 3.05. The molecule has 0 saturated carbocycles. The number of rotatable bonds is 5. The number of benzene rings is 1. The van der Waals surface area contributed by atoms with E-state index in [4.69, 9.17) is 4.74 Å². The number of hydrogen-bond acceptors (Lipinski definition) is 1. The molecule has 0 aliphatic heterocycles. The van der Waals surface area contributed by atoms with Gasteiger partial charge in [-0.15, -0.1) is 0 Å². The number of ether oxygens (including phenoxy) is 1. The van der Waals surface area contributed by atoms with Crippen molar-refractivity contribution in [2.45, 2.75) is 13.3 Å². The molecule has 1 nitrogen and oxygen atoms in total. The molecule has 14 heavy (non-hydrogen) atoms. The van der Waals surface area contributed by atoms with Crippen molar-refractivity contribution in [1.82, 2.24) is 0 Å². The van der Waals surface area contributed by atoms with Gasteiger partial charge in [0.05, 0.1) is 6.61 Å². The van der Waals surface area contributed by atoms with E-state index >= 15 is 0 Å². The van der Waals surface area contributed by atoms with Crippen molar-refractivity contribution in [2.24, 2.45) is 0 Å². The largest absolute Gasteiger partial charge is 0.494 e. The van der Waals surface area contributed by atoms with Gasteiger partial charge in [-0.3, -0.25) is 0 Å². The SMILES string of the molecule is C=Cc1ccc(OCCC)cc1C=C. The molecule has 0 aliphatic rings. The Morgan fingerprint density at radius 3 is 2.50 bits per heavy atom. The van der Waals surface area contributed by atoms with Gasteiger partial charge in [0.2, 0.25) is 0 Å². The van der Waals surface area contributed by atoms with Crippen LogP contribution in [0, 0.1) is 0 Å². The van der Waals surface area contributed by atoms with E-state index in [0.29, 0.717) is 0 Å². The average Bonchev–Trinajstić information content (AvgIpc) is 2.25. The van der Waals surface area contributed by atoms with Crippen LogP contribution in [0.25, 0.3) is 12.2 Å². The van der Waals surface area contributed by atoms with Crippen molar-refractivity contribution in [3.05, 3.63) is 42.5 Å². The quantitative estimate of drug-likeness (QED) is 0.683. The average molecular weight is 188 g/mol. The molecule has 0 bridgehead atoms. The Morgan fingerprint density at radius 1 is 1.21 bits per heavy atom. The van der Waals surface area contributed by atoms with E-state index in [1.807, 2.05) is 30.4 Å². The fraction of sp³-hybridized carbons (Fsp3) is 0.231. The molecule has 74 valence electrons. The normalized spacial score (nSPS) is 9.50. The van der Waals surface area contributed by atoms with Gasteiger partial charge >= 0.3 is 0 Å². The van der Waals surface area contributed by atoms with Crippen LogP contribution < -0.4 is 4.74 Å². The zero-order valence-electron chi connectivity index (χ0n) is 8.62. The van der Waals surface area contributed by atoms with E-state index in [9.17, 15) is 0 Å². The molecule has 0 atom stereocenters. The summed E-state index contributed by atoms with van der Waals surface area (Å²) in [6, 6.07) is 5.94. The lowest BCUT2D eigenvalue weighted by Gasteiger charge is -2.07. The molecular weight excluding hydrogens is 172 g/mol. The third-order valence-corrected chi connectivity index (χ3v) is 1.97. The standard InChI is InChI=1S/C13H16O/c1-4-9-14-13-8-7-11(5-2)12(6-3)10-13/h5-8,10H,2-4,9H2,1H3. The van der Waals surface area contributed by atoms with E-state index < -0.39 is 0 Å². The van der Waals surface area contributed by atoms with Crippen molar-refractivity contribution in [2.75, 3.05) is 6.61 Å². The van der Waals surface area contributed by atoms with Crippen LogP contribution in [0.15, 0.2) is 31.4 Å². The molecular formula is C13H16O. The summed E-state index contributed by atoms with van der Waals surface area (Å²) >= 11 is 0. The third kappa shape index (κ3) is 2.49. The van der Waals surface area contributed by atoms with E-state index in [1.54, 1.807) is 0 Å². The maximum absolute atomic E-state index is 5.52. The molecule has 1 aromatic carbocycles. The Labute approximate surface area is 85.7 Å². The van der Waals surface area contributed by atoms with Gasteiger partial charge in [-0.05, 0) is 29.7 Å². The minimum Gasteiger partial charge on any atom is -0.494 e. The molecule has 0 N–H and O–H groups in total. The lowest BCUT2D eigenvalue weighted by atomic mass is 10.1. The lowest BCUT2D eigenvalue weighted by molar-refractivity contribution is 0.317. The van der Waals surface area contributed by atoms with Crippen LogP contribution in [-0.4, -0.2) is 6.61 Å². The topological polar surface area (TPSA) is 9.23 Å². The first kappa shape index (κ1) is 10.6. The minimum absolute atomic E-state index is 0.754. The van der Waals surface area contributed by atoms with Crippen LogP contribution in [0.5, 0.6) is 5.75 Å². The van der Waals surface area contributed by atoms with Crippen molar-refractivity contribution >= 4 is 12.2 Å². The van der Waals surface area contributed by atoms with Gasteiger partial charge in [0.1, 0.15) is 5.75 Å². The van der Waals surface area contributed by atoms with Gasteiger partial charge in [-0.1, -0.05) is 38.3 Å². The molecule has 0 radical (unpaired) electrons. The molecule has 0 heterocycles. The summed E-state index contributed by atoms with van der Waals surface area (Å²) < 4.78 is 5.52. The summed E-state index contributed by atoms with van der Waals surface area (Å²) in [4.78, 5) is 0. The fourth-order valence-electron chi connectivity index (χ4n) is 1.23. The Morgan fingerprint density at radius 2 is 1.93 bits per heavy atom. The maximum atomic E-state index is 5.52. The smallest absolute Gasteiger partial charge is 0.119 e. The first-order chi connectivity index (χ1) is 6.81. The molecule has 1 aromatic rings. The van der Waals surface area contributed by atoms with Crippen LogP contribution in [0.1, 0.15) is 24.5 Å². The summed E-state index contributed by atoms with van der Waals surface area (Å²) in [5.74, 6) is 0.896. The highest BCUT2D eigenvalue weighted by Crippen LogP contribution is 2.19. The molecule has 0 unspecified atom stereocenters. The highest BCUT2D eigenvalue weighted by Gasteiger charge is 1.98. The molecule has 0 fully saturated rings. The highest BCUT2D eigenvalue weighted by atomic mass is 16.5. The highest BCUT2D eigenvalue weighted by molar-refractivity contribution is 5.65. The molecule has 0 aliphatic carbocycles. The molecule has 0 amide bonds. The first-order valence-corrected chi connectivity index (χ1v) is 4.83. The summed E-state index contributed by atoms with van der Waals surface area (Å²) in [7, 11) is 0. The second kappa shape index (κ2) is 5.28. The van der Waals surface area contributed by atoms with Gasteiger partial charge in [0.15, 0.2) is 0 Å². The van der Waals surface area contributed by atoms with Crippen molar-refractivity contribution < 1.29 is 4.74 Å². The first-order valence-electron chi connectivity index (χ1n) is 4.83. The monoisotopic (exact) mass is 188 g/mol. The Hall–Kier alpha value is -1.50. The molecule has 0 aromatic heterocycles. The summed E-state index contributed by atoms with van der Waals surface area (Å²) in [6.45, 7) is 10.3. The van der Waals surface area contributed by atoms with E-state index in [2.05, 4.69) is 20.1 Å². The van der Waals surface area contributed by atoms with Gasteiger partial charge in [0, 0.05) is 0 Å². The maximum Gasteiger partial charge on any atom is 0.119 e. The molecule has 1 rings (SSSR count). The third-order valence-electron chi connectivity index (χ3n) is 1.97. The van der Waals surface area contributed by atoms with E-state index in [-0.39, 0.29) is 0 Å². The van der Waals surface area contributed by atoms with Gasteiger partial charge < -0.3 is 4.74 Å². The van der Waals surface area contributed by atoms with Crippen LogP contribution in [0.3, 0.4) is 0 Å². The molecule has 0 spiro atoms. The lowest BCUT2D eigenvalue weighted by Crippen LogP contribution is -1.95. The summed E-state index contributed by atoms with van der Waals surface area (Å²) in [6.07, 6.45) is 4.66. The predicted octanol–water partition coefficient (Wildman–Crippen LogP) is 3.76. The summed E-state index contributed by atoms with van der Waals surface area (Å²) in [5.41, 5.74) is 2.15. The summed E-state index contributed by atoms with van der Waals surface area (Å²) in [5, 5.41) is 0. The zero-order valence-corrected chi connectivity index (χ0v) is 8.62. The molecule has 0 saturated heterocycles. The van der Waals surface area contributed by atoms with Crippen molar-refractivity contribution in [1.29, 1.82) is 0 Å². The van der Waals surface area contributed by atoms with E-state index in [1.165, 1.54) is 0 Å². The minimum atomic E-state index is 0.754. The van der Waals surface area contributed by atoms with Crippen molar-refractivity contribution in [3.63, 3.8) is 0 Å². The van der Waals surface area contributed by atoms with Crippen LogP contribution in [-0.2, 0) is 0 Å². The Balaban J connectivity index is 2.89. The van der Waals surface area contributed by atoms with Crippen molar-refractivity contribution in [3.8, 4) is 5.75 Å². The van der Waals surface area contributed by atoms with Crippen LogP contribution in [0.4, 0.5) is 0 Å². The van der Waals surface area contributed by atoms with Crippen LogP contribution >= 0.6 is 0 Å². The Bertz CT molecular complexity index is 326. The van der Waals surface area contributed by atoms with Gasteiger partial charge in [0.25, 0.3) is 0 Å². The Kier molecular flexibility index (Phi) is 3.99. The second-order valence-corrected chi connectivity index (χ2v) is 3.05. The zero-order chi connectivity index (χ0) is 10.4. The van der Waals surface area contributed by atoms with Gasteiger partial charge in [-0.2, -0.15) is 0 Å². The van der Waals surface area contributed by atoms with Crippen LogP contribution in [0.2, 0.25) is 0 Å².